The van der Waals surface area contributed by atoms with Crippen LogP contribution >= 0.6 is 0 Å². The van der Waals surface area contributed by atoms with Crippen LogP contribution in [0.3, 0.4) is 0 Å². The average Bonchev–Trinajstić information content (AvgIpc) is 3.20. The van der Waals surface area contributed by atoms with Gasteiger partial charge in [0.2, 0.25) is 5.95 Å². The van der Waals surface area contributed by atoms with Crippen molar-refractivity contribution < 1.29 is 9.84 Å². The van der Waals surface area contributed by atoms with Gasteiger partial charge in [-0.3, -0.25) is 14.3 Å². The largest absolute Gasteiger partial charge is 0.491 e. The number of fused-ring (bicyclic) bond motifs is 1. The molecule has 3 rings (SSSR count). The maximum atomic E-state index is 12.7. The molecule has 3 aromatic rings. The third-order valence-corrected chi connectivity index (χ3v) is 6.24. The SMILES string of the molecule is CCCC[C@@H](CC)CNc1nc2c(c(=O)[nH]c(=O)n2C)n1C[C@@H](O)COc1cccc(CC)c1. The minimum Gasteiger partial charge on any atom is -0.491 e. The summed E-state index contributed by atoms with van der Waals surface area (Å²) < 4.78 is 8.76. The van der Waals surface area contributed by atoms with E-state index < -0.39 is 17.4 Å². The lowest BCUT2D eigenvalue weighted by molar-refractivity contribution is 0.0938. The van der Waals surface area contributed by atoms with Crippen LogP contribution in [-0.2, 0) is 20.0 Å². The van der Waals surface area contributed by atoms with E-state index in [1.807, 2.05) is 24.3 Å². The Labute approximate surface area is 199 Å². The zero-order valence-electron chi connectivity index (χ0n) is 20.6. The lowest BCUT2D eigenvalue weighted by Crippen LogP contribution is -2.31. The van der Waals surface area contributed by atoms with Crippen LogP contribution in [0.5, 0.6) is 5.75 Å². The number of nitrogens with one attached hydrogen (secondary N) is 2. The number of hydrogen-bond donors (Lipinski definition) is 3. The summed E-state index contributed by atoms with van der Waals surface area (Å²) in [5.41, 5.74) is 0.628. The topological polar surface area (TPSA) is 114 Å². The number of aliphatic hydroxyl groups is 1. The highest BCUT2D eigenvalue weighted by Crippen LogP contribution is 2.19. The van der Waals surface area contributed by atoms with Gasteiger partial charge in [-0.2, -0.15) is 4.98 Å². The van der Waals surface area contributed by atoms with Crippen molar-refractivity contribution in [1.29, 1.82) is 0 Å². The van der Waals surface area contributed by atoms with Crippen LogP contribution in [-0.4, -0.2) is 43.5 Å². The summed E-state index contributed by atoms with van der Waals surface area (Å²) in [4.78, 5) is 31.7. The van der Waals surface area contributed by atoms with Crippen LogP contribution < -0.4 is 21.3 Å². The monoisotopic (exact) mass is 471 g/mol. The molecule has 2 heterocycles. The Hall–Kier alpha value is -3.07. The van der Waals surface area contributed by atoms with Gasteiger partial charge in [0.1, 0.15) is 18.5 Å². The smallest absolute Gasteiger partial charge is 0.329 e. The summed E-state index contributed by atoms with van der Waals surface area (Å²) in [7, 11) is 1.57. The van der Waals surface area contributed by atoms with Crippen molar-refractivity contribution in [2.75, 3.05) is 18.5 Å². The van der Waals surface area contributed by atoms with Gasteiger partial charge in [-0.15, -0.1) is 0 Å². The Balaban J connectivity index is 1.84. The van der Waals surface area contributed by atoms with Gasteiger partial charge in [0.25, 0.3) is 5.56 Å². The second-order valence-corrected chi connectivity index (χ2v) is 8.80. The number of aliphatic hydroxyl groups excluding tert-OH is 1. The standard InChI is InChI=1S/C25H37N5O4/c1-5-8-10-18(7-3)14-26-24-27-22-21(23(32)28-25(33)29(22)4)30(24)15-19(31)16-34-20-12-9-11-17(6-2)13-20/h9,11-13,18-19,31H,5-8,10,14-16H2,1-4H3,(H,26,27)(H,28,32,33)/t18-,19-/m1/s1. The summed E-state index contributed by atoms with van der Waals surface area (Å²) >= 11 is 0. The van der Waals surface area contributed by atoms with Gasteiger partial charge in [-0.1, -0.05) is 52.2 Å². The molecular formula is C25H37N5O4. The first-order valence-electron chi connectivity index (χ1n) is 12.2. The Kier molecular flexibility index (Phi) is 8.92. The van der Waals surface area contributed by atoms with Crippen LogP contribution in [0.4, 0.5) is 5.95 Å². The normalized spacial score (nSPS) is 13.2. The predicted molar refractivity (Wildman–Crippen MR) is 135 cm³/mol. The molecule has 0 radical (unpaired) electrons. The van der Waals surface area contributed by atoms with Crippen LogP contribution in [0.1, 0.15) is 52.0 Å². The van der Waals surface area contributed by atoms with Crippen molar-refractivity contribution in [3.05, 3.63) is 50.7 Å². The summed E-state index contributed by atoms with van der Waals surface area (Å²) in [5, 5.41) is 14.1. The van der Waals surface area contributed by atoms with Gasteiger partial charge in [0, 0.05) is 13.6 Å². The van der Waals surface area contributed by atoms with Crippen molar-refractivity contribution in [3.8, 4) is 5.75 Å². The summed E-state index contributed by atoms with van der Waals surface area (Å²) in [5.74, 6) is 1.62. The fourth-order valence-electron chi connectivity index (χ4n) is 4.04. The molecule has 34 heavy (non-hydrogen) atoms. The van der Waals surface area contributed by atoms with Crippen LogP contribution in [0.2, 0.25) is 0 Å². The fraction of sp³-hybridized carbons (Fsp3) is 0.560. The maximum absolute atomic E-state index is 12.7. The van der Waals surface area contributed by atoms with E-state index in [0.29, 0.717) is 24.2 Å². The van der Waals surface area contributed by atoms with E-state index in [1.165, 1.54) is 4.57 Å². The van der Waals surface area contributed by atoms with Gasteiger partial charge >= 0.3 is 5.69 Å². The lowest BCUT2D eigenvalue weighted by atomic mass is 9.99. The van der Waals surface area contributed by atoms with Gasteiger partial charge in [-0.05, 0) is 36.5 Å². The number of ether oxygens (including phenoxy) is 1. The number of aromatic amines is 1. The molecule has 0 spiro atoms. The number of H-pyrrole nitrogens is 1. The minimum absolute atomic E-state index is 0.0596. The van der Waals surface area contributed by atoms with Crippen molar-refractivity contribution in [2.24, 2.45) is 13.0 Å². The molecule has 2 aromatic heterocycles. The second-order valence-electron chi connectivity index (χ2n) is 8.80. The molecule has 0 saturated carbocycles. The molecule has 0 fully saturated rings. The number of rotatable bonds is 13. The molecule has 0 saturated heterocycles. The number of aromatic nitrogens is 4. The predicted octanol–water partition coefficient (Wildman–Crippen LogP) is 3.05. The molecule has 0 aliphatic rings. The average molecular weight is 472 g/mol. The first-order chi connectivity index (χ1) is 16.4. The fourth-order valence-corrected chi connectivity index (χ4v) is 4.04. The first-order valence-corrected chi connectivity index (χ1v) is 12.2. The maximum Gasteiger partial charge on any atom is 0.329 e. The molecular weight excluding hydrogens is 434 g/mol. The Morgan fingerprint density at radius 1 is 1.24 bits per heavy atom. The molecule has 2 atom stereocenters. The number of nitrogens with zero attached hydrogens (tertiary/aromatic N) is 3. The highest BCUT2D eigenvalue weighted by molar-refractivity contribution is 5.74. The number of benzene rings is 1. The van der Waals surface area contributed by atoms with Gasteiger partial charge in [-0.25, -0.2) is 4.79 Å². The number of aryl methyl sites for hydroxylation is 2. The van der Waals surface area contributed by atoms with Crippen molar-refractivity contribution >= 4 is 17.1 Å². The molecule has 1 aromatic carbocycles. The molecule has 0 aliphatic carbocycles. The summed E-state index contributed by atoms with van der Waals surface area (Å²) in [6.07, 6.45) is 4.43. The molecule has 9 nitrogen and oxygen atoms in total. The molecule has 0 bridgehead atoms. The van der Waals surface area contributed by atoms with E-state index >= 15 is 0 Å². The van der Waals surface area contributed by atoms with Gasteiger partial charge in [0.05, 0.1) is 6.54 Å². The third kappa shape index (κ3) is 6.08. The van der Waals surface area contributed by atoms with E-state index in [-0.39, 0.29) is 24.3 Å². The molecule has 3 N–H and O–H groups in total. The quantitative estimate of drug-likeness (QED) is 0.353. The molecule has 186 valence electrons. The van der Waals surface area contributed by atoms with E-state index in [4.69, 9.17) is 4.74 Å². The first kappa shape index (κ1) is 25.6. The Bertz CT molecular complexity index is 1200. The van der Waals surface area contributed by atoms with E-state index in [1.54, 1.807) is 11.6 Å². The van der Waals surface area contributed by atoms with E-state index in [2.05, 4.69) is 36.1 Å². The van der Waals surface area contributed by atoms with E-state index in [0.717, 1.165) is 37.7 Å². The molecule has 0 aliphatic heterocycles. The molecule has 0 unspecified atom stereocenters. The number of anilines is 1. The molecule has 0 amide bonds. The van der Waals surface area contributed by atoms with Crippen LogP contribution in [0, 0.1) is 5.92 Å². The second kappa shape index (κ2) is 11.9. The number of hydrogen-bond acceptors (Lipinski definition) is 6. The lowest BCUT2D eigenvalue weighted by Gasteiger charge is -2.18. The minimum atomic E-state index is -0.887. The van der Waals surface area contributed by atoms with Gasteiger partial charge in [0.15, 0.2) is 11.2 Å². The van der Waals surface area contributed by atoms with E-state index in [9.17, 15) is 14.7 Å². The highest BCUT2D eigenvalue weighted by Gasteiger charge is 2.20. The highest BCUT2D eigenvalue weighted by atomic mass is 16.5. The molecule has 9 heteroatoms. The van der Waals surface area contributed by atoms with Crippen LogP contribution in [0.25, 0.3) is 11.2 Å². The summed E-state index contributed by atoms with van der Waals surface area (Å²) in [6, 6.07) is 7.76. The zero-order chi connectivity index (χ0) is 24.7. The number of unbranched alkanes of at least 4 members (excludes halogenated alkanes) is 1. The third-order valence-electron chi connectivity index (χ3n) is 6.24. The van der Waals surface area contributed by atoms with Crippen LogP contribution in [0.15, 0.2) is 33.9 Å². The zero-order valence-corrected chi connectivity index (χ0v) is 20.6. The summed E-state index contributed by atoms with van der Waals surface area (Å²) in [6.45, 7) is 7.26. The Morgan fingerprint density at radius 3 is 2.74 bits per heavy atom. The number of imidazole rings is 1. The van der Waals surface area contributed by atoms with Crippen molar-refractivity contribution in [2.45, 2.75) is 65.5 Å². The Morgan fingerprint density at radius 2 is 2.03 bits per heavy atom. The van der Waals surface area contributed by atoms with Crippen molar-refractivity contribution in [3.63, 3.8) is 0 Å². The van der Waals surface area contributed by atoms with Crippen molar-refractivity contribution in [1.82, 2.24) is 19.1 Å². The van der Waals surface area contributed by atoms with Gasteiger partial charge < -0.3 is 19.7 Å².